The molecule has 6 nitrogen and oxygen atoms in total. The van der Waals surface area contributed by atoms with E-state index in [2.05, 4.69) is 29.5 Å². The number of anilines is 2. The summed E-state index contributed by atoms with van der Waals surface area (Å²) in [4.78, 5) is 28.9. The van der Waals surface area contributed by atoms with Crippen LogP contribution in [0.5, 0.6) is 0 Å². The van der Waals surface area contributed by atoms with Crippen LogP contribution in [0.1, 0.15) is 30.9 Å². The van der Waals surface area contributed by atoms with Gasteiger partial charge in [0.2, 0.25) is 5.82 Å². The summed E-state index contributed by atoms with van der Waals surface area (Å²) in [5.74, 6) is 0.381. The topological polar surface area (TPSA) is 76.0 Å². The molecule has 3 aromatic rings. The van der Waals surface area contributed by atoms with Crippen LogP contribution in [-0.4, -0.2) is 15.6 Å². The van der Waals surface area contributed by atoms with Crippen molar-refractivity contribution in [2.45, 2.75) is 26.7 Å². The Bertz CT molecular complexity index is 1010. The van der Waals surface area contributed by atoms with Crippen molar-refractivity contribution in [1.29, 1.82) is 0 Å². The summed E-state index contributed by atoms with van der Waals surface area (Å²) in [6, 6.07) is 14.6. The van der Waals surface area contributed by atoms with Crippen molar-refractivity contribution in [2.75, 3.05) is 10.6 Å². The van der Waals surface area contributed by atoms with Gasteiger partial charge in [0, 0.05) is 23.8 Å². The third kappa shape index (κ3) is 4.41. The molecule has 0 unspecified atom stereocenters. The SMILES string of the molecule is Cc1cccc(NC(=O)Nc2nccn(-c3ccc(C(C)C)cc3)c2=O)c1. The molecule has 0 aliphatic heterocycles. The van der Waals surface area contributed by atoms with Gasteiger partial charge in [-0.05, 0) is 48.2 Å². The average Bonchev–Trinajstić information content (AvgIpc) is 2.63. The van der Waals surface area contributed by atoms with Gasteiger partial charge >= 0.3 is 6.03 Å². The van der Waals surface area contributed by atoms with Gasteiger partial charge in [0.25, 0.3) is 5.56 Å². The van der Waals surface area contributed by atoms with Gasteiger partial charge in [-0.3, -0.25) is 14.7 Å². The second-order valence-electron chi connectivity index (χ2n) is 6.65. The largest absolute Gasteiger partial charge is 0.325 e. The van der Waals surface area contributed by atoms with Gasteiger partial charge in [-0.25, -0.2) is 9.78 Å². The predicted octanol–water partition coefficient (Wildman–Crippen LogP) is 4.31. The van der Waals surface area contributed by atoms with E-state index in [1.165, 1.54) is 16.3 Å². The van der Waals surface area contributed by atoms with E-state index in [0.29, 0.717) is 17.3 Å². The fourth-order valence-electron chi connectivity index (χ4n) is 2.71. The quantitative estimate of drug-likeness (QED) is 0.726. The van der Waals surface area contributed by atoms with E-state index in [0.717, 1.165) is 5.56 Å². The maximum atomic E-state index is 12.7. The van der Waals surface area contributed by atoms with Gasteiger partial charge in [0.1, 0.15) is 0 Å². The van der Waals surface area contributed by atoms with E-state index in [1.807, 2.05) is 49.4 Å². The lowest BCUT2D eigenvalue weighted by atomic mass is 10.0. The Morgan fingerprint density at radius 2 is 1.81 bits per heavy atom. The number of amides is 2. The molecule has 27 heavy (non-hydrogen) atoms. The number of aryl methyl sites for hydroxylation is 1. The van der Waals surface area contributed by atoms with Crippen LogP contribution < -0.4 is 16.2 Å². The number of nitrogens with one attached hydrogen (secondary N) is 2. The number of carbonyl (C=O) groups is 1. The molecule has 0 saturated heterocycles. The van der Waals surface area contributed by atoms with E-state index < -0.39 is 11.6 Å². The highest BCUT2D eigenvalue weighted by molar-refractivity contribution is 5.99. The average molecular weight is 362 g/mol. The van der Waals surface area contributed by atoms with E-state index in [1.54, 1.807) is 12.3 Å². The van der Waals surface area contributed by atoms with Crippen molar-refractivity contribution in [3.05, 3.63) is 82.4 Å². The highest BCUT2D eigenvalue weighted by Gasteiger charge is 2.11. The van der Waals surface area contributed by atoms with Gasteiger partial charge in [-0.1, -0.05) is 38.1 Å². The molecule has 0 aliphatic rings. The molecular formula is C21H22N4O2. The van der Waals surface area contributed by atoms with Crippen LogP contribution in [0.25, 0.3) is 5.69 Å². The Morgan fingerprint density at radius 3 is 2.48 bits per heavy atom. The zero-order valence-electron chi connectivity index (χ0n) is 15.6. The first-order valence-electron chi connectivity index (χ1n) is 8.76. The van der Waals surface area contributed by atoms with Crippen LogP contribution in [0.15, 0.2) is 65.7 Å². The first-order chi connectivity index (χ1) is 12.9. The summed E-state index contributed by atoms with van der Waals surface area (Å²) < 4.78 is 1.46. The van der Waals surface area contributed by atoms with Gasteiger partial charge in [-0.15, -0.1) is 0 Å². The highest BCUT2D eigenvalue weighted by atomic mass is 16.2. The number of urea groups is 1. The van der Waals surface area contributed by atoms with Crippen molar-refractivity contribution in [3.63, 3.8) is 0 Å². The predicted molar refractivity (Wildman–Crippen MR) is 108 cm³/mol. The minimum atomic E-state index is -0.516. The summed E-state index contributed by atoms with van der Waals surface area (Å²) in [5, 5.41) is 5.22. The normalized spacial score (nSPS) is 10.7. The first-order valence-corrected chi connectivity index (χ1v) is 8.76. The molecule has 0 aliphatic carbocycles. The summed E-state index contributed by atoms with van der Waals surface area (Å²) in [6.45, 7) is 6.16. The summed E-state index contributed by atoms with van der Waals surface area (Å²) in [5.41, 5.74) is 3.19. The molecule has 3 rings (SSSR count). The van der Waals surface area contributed by atoms with Crippen molar-refractivity contribution < 1.29 is 4.79 Å². The molecule has 0 bridgehead atoms. The van der Waals surface area contributed by atoms with E-state index in [4.69, 9.17) is 0 Å². The molecule has 6 heteroatoms. The van der Waals surface area contributed by atoms with Gasteiger partial charge in [0.05, 0.1) is 0 Å². The number of aromatic nitrogens is 2. The Morgan fingerprint density at radius 1 is 1.07 bits per heavy atom. The second-order valence-corrected chi connectivity index (χ2v) is 6.65. The molecule has 0 saturated carbocycles. The molecule has 2 N–H and O–H groups in total. The van der Waals surface area contributed by atoms with Crippen molar-refractivity contribution >= 4 is 17.5 Å². The minimum absolute atomic E-state index is 0.0319. The Kier molecular flexibility index (Phi) is 5.35. The molecule has 138 valence electrons. The maximum absolute atomic E-state index is 12.7. The molecule has 1 aromatic heterocycles. The number of hydrogen-bond donors (Lipinski definition) is 2. The number of benzene rings is 2. The number of carbonyl (C=O) groups excluding carboxylic acids is 1. The second kappa shape index (κ2) is 7.86. The Balaban J connectivity index is 1.80. The van der Waals surface area contributed by atoms with E-state index >= 15 is 0 Å². The van der Waals surface area contributed by atoms with E-state index in [-0.39, 0.29) is 5.82 Å². The zero-order chi connectivity index (χ0) is 19.4. The molecule has 2 aromatic carbocycles. The summed E-state index contributed by atoms with van der Waals surface area (Å²) in [7, 11) is 0. The highest BCUT2D eigenvalue weighted by Crippen LogP contribution is 2.16. The fraction of sp³-hybridized carbons (Fsp3) is 0.190. The van der Waals surface area contributed by atoms with E-state index in [9.17, 15) is 9.59 Å². The van der Waals surface area contributed by atoms with Crippen molar-refractivity contribution in [1.82, 2.24) is 9.55 Å². The molecule has 0 radical (unpaired) electrons. The molecule has 1 heterocycles. The van der Waals surface area contributed by atoms with Crippen LogP contribution in [0.2, 0.25) is 0 Å². The van der Waals surface area contributed by atoms with Crippen molar-refractivity contribution in [3.8, 4) is 5.69 Å². The molecule has 0 spiro atoms. The first kappa shape index (κ1) is 18.4. The number of nitrogens with zero attached hydrogens (tertiary/aromatic N) is 2. The Labute approximate surface area is 157 Å². The van der Waals surface area contributed by atoms with Gasteiger partial charge in [0.15, 0.2) is 0 Å². The third-order valence-electron chi connectivity index (χ3n) is 4.19. The van der Waals surface area contributed by atoms with Crippen LogP contribution in [0.4, 0.5) is 16.3 Å². The van der Waals surface area contributed by atoms with Crippen LogP contribution in [-0.2, 0) is 0 Å². The zero-order valence-corrected chi connectivity index (χ0v) is 15.6. The Hall–Kier alpha value is -3.41. The smallest absolute Gasteiger partial charge is 0.308 e. The third-order valence-corrected chi connectivity index (χ3v) is 4.19. The summed E-state index contributed by atoms with van der Waals surface area (Å²) >= 11 is 0. The molecule has 0 atom stereocenters. The molecule has 0 fully saturated rings. The molecular weight excluding hydrogens is 340 g/mol. The van der Waals surface area contributed by atoms with Crippen LogP contribution in [0, 0.1) is 6.92 Å². The fourth-order valence-corrected chi connectivity index (χ4v) is 2.71. The van der Waals surface area contributed by atoms with Crippen LogP contribution >= 0.6 is 0 Å². The monoisotopic (exact) mass is 362 g/mol. The van der Waals surface area contributed by atoms with Gasteiger partial charge < -0.3 is 5.32 Å². The number of hydrogen-bond acceptors (Lipinski definition) is 3. The summed E-state index contributed by atoms with van der Waals surface area (Å²) in [6.07, 6.45) is 3.07. The van der Waals surface area contributed by atoms with Crippen LogP contribution in [0.3, 0.4) is 0 Å². The molecule has 2 amide bonds. The minimum Gasteiger partial charge on any atom is -0.308 e. The van der Waals surface area contributed by atoms with Gasteiger partial charge in [-0.2, -0.15) is 0 Å². The maximum Gasteiger partial charge on any atom is 0.325 e. The lowest BCUT2D eigenvalue weighted by Crippen LogP contribution is -2.28. The van der Waals surface area contributed by atoms with Crippen molar-refractivity contribution in [2.24, 2.45) is 0 Å². The lowest BCUT2D eigenvalue weighted by Gasteiger charge is -2.11. The lowest BCUT2D eigenvalue weighted by molar-refractivity contribution is 0.262. The number of rotatable bonds is 4. The standard InChI is InChI=1S/C21H22N4O2/c1-14(2)16-7-9-18(10-8-16)25-12-11-22-19(20(25)26)24-21(27)23-17-6-4-5-15(3)13-17/h4-14H,1-3H3,(H2,22,23,24,27).